The molecular formula is C15H19N5OS. The maximum atomic E-state index is 12.6. The first kappa shape index (κ1) is 14.9. The van der Waals surface area contributed by atoms with Crippen LogP contribution in [0.4, 0.5) is 0 Å². The molecule has 2 heterocycles. The Morgan fingerprint density at radius 1 is 1.32 bits per heavy atom. The third-order valence-corrected chi connectivity index (χ3v) is 4.95. The van der Waals surface area contributed by atoms with Gasteiger partial charge >= 0.3 is 0 Å². The smallest absolute Gasteiger partial charge is 0.236 e. The van der Waals surface area contributed by atoms with Gasteiger partial charge in [0.05, 0.1) is 5.25 Å². The molecule has 3 rings (SSSR count). The summed E-state index contributed by atoms with van der Waals surface area (Å²) in [6.45, 7) is 5.10. The number of nitrogen functional groups attached to an aromatic ring is 1. The summed E-state index contributed by atoms with van der Waals surface area (Å²) in [4.78, 5) is 14.5. The van der Waals surface area contributed by atoms with Crippen molar-refractivity contribution >= 4 is 17.7 Å². The Balaban J connectivity index is 1.68. The van der Waals surface area contributed by atoms with Gasteiger partial charge in [0, 0.05) is 13.1 Å². The summed E-state index contributed by atoms with van der Waals surface area (Å²) >= 11 is 1.35. The number of nitrogens with zero attached hydrogens (tertiary/aromatic N) is 4. The molecule has 0 unspecified atom stereocenters. The average Bonchev–Trinajstić information content (AvgIpc) is 2.85. The number of thioether (sulfide) groups is 1. The number of benzene rings is 1. The SMILES string of the molecule is Cc1nnc(S[C@H](C)C(=O)N2CCc3ccccc3C2)n1N. The van der Waals surface area contributed by atoms with Crippen molar-refractivity contribution in [3.63, 3.8) is 0 Å². The Morgan fingerprint density at radius 2 is 2.05 bits per heavy atom. The topological polar surface area (TPSA) is 77.0 Å². The van der Waals surface area contributed by atoms with Gasteiger partial charge in [-0.15, -0.1) is 10.2 Å². The standard InChI is InChI=1S/C15H19N5OS/c1-10(22-15-18-17-11(2)20(15)16)14(21)19-8-7-12-5-3-4-6-13(12)9-19/h3-6,10H,7-9,16H2,1-2H3/t10-/m1/s1. The van der Waals surface area contributed by atoms with E-state index in [1.54, 1.807) is 6.92 Å². The zero-order chi connectivity index (χ0) is 15.7. The van der Waals surface area contributed by atoms with E-state index >= 15 is 0 Å². The Labute approximate surface area is 133 Å². The van der Waals surface area contributed by atoms with E-state index in [1.165, 1.54) is 27.6 Å². The average molecular weight is 317 g/mol. The van der Waals surface area contributed by atoms with Gasteiger partial charge in [-0.25, -0.2) is 4.68 Å². The van der Waals surface area contributed by atoms with Crippen LogP contribution in [0.25, 0.3) is 0 Å². The molecule has 7 heteroatoms. The number of fused-ring (bicyclic) bond motifs is 1. The van der Waals surface area contributed by atoms with Crippen molar-refractivity contribution < 1.29 is 4.79 Å². The first-order valence-electron chi connectivity index (χ1n) is 7.25. The molecule has 0 saturated carbocycles. The molecule has 0 spiro atoms. The van der Waals surface area contributed by atoms with E-state index in [-0.39, 0.29) is 11.2 Å². The summed E-state index contributed by atoms with van der Waals surface area (Å²) in [5.74, 6) is 6.58. The van der Waals surface area contributed by atoms with Gasteiger partial charge in [0.1, 0.15) is 5.82 Å². The fourth-order valence-electron chi connectivity index (χ4n) is 2.58. The maximum Gasteiger partial charge on any atom is 0.236 e. The minimum atomic E-state index is -0.240. The number of aromatic nitrogens is 3. The number of aryl methyl sites for hydroxylation is 1. The quantitative estimate of drug-likeness (QED) is 0.683. The summed E-state index contributed by atoms with van der Waals surface area (Å²) in [6, 6.07) is 8.29. The van der Waals surface area contributed by atoms with E-state index in [0.717, 1.165) is 13.0 Å². The molecule has 1 amide bonds. The van der Waals surface area contributed by atoms with Crippen molar-refractivity contribution in [2.24, 2.45) is 0 Å². The van der Waals surface area contributed by atoms with E-state index in [9.17, 15) is 4.79 Å². The monoisotopic (exact) mass is 317 g/mol. The van der Waals surface area contributed by atoms with Gasteiger partial charge in [0.15, 0.2) is 0 Å². The Kier molecular flexibility index (Phi) is 4.06. The van der Waals surface area contributed by atoms with Crippen LogP contribution in [0.5, 0.6) is 0 Å². The van der Waals surface area contributed by atoms with Gasteiger partial charge in [0.25, 0.3) is 0 Å². The molecule has 2 N–H and O–H groups in total. The van der Waals surface area contributed by atoms with Crippen molar-refractivity contribution in [2.75, 3.05) is 12.4 Å². The highest BCUT2D eigenvalue weighted by atomic mass is 32.2. The zero-order valence-electron chi connectivity index (χ0n) is 12.7. The largest absolute Gasteiger partial charge is 0.337 e. The number of amides is 1. The van der Waals surface area contributed by atoms with Crippen LogP contribution in [0, 0.1) is 6.92 Å². The van der Waals surface area contributed by atoms with Crippen LogP contribution in [0.2, 0.25) is 0 Å². The Bertz CT molecular complexity index is 699. The summed E-state index contributed by atoms with van der Waals surface area (Å²) in [5, 5.41) is 8.24. The van der Waals surface area contributed by atoms with Crippen LogP contribution in [0.3, 0.4) is 0 Å². The molecule has 1 aliphatic heterocycles. The van der Waals surface area contributed by atoms with Crippen molar-refractivity contribution in [1.29, 1.82) is 0 Å². The van der Waals surface area contributed by atoms with Gasteiger partial charge < -0.3 is 10.7 Å². The predicted molar refractivity (Wildman–Crippen MR) is 85.8 cm³/mol. The number of carbonyl (C=O) groups is 1. The summed E-state index contributed by atoms with van der Waals surface area (Å²) in [7, 11) is 0. The lowest BCUT2D eigenvalue weighted by Crippen LogP contribution is -2.40. The molecule has 2 aromatic rings. The third kappa shape index (κ3) is 2.81. The number of nitrogens with two attached hydrogens (primary N) is 1. The molecule has 0 fully saturated rings. The fraction of sp³-hybridized carbons (Fsp3) is 0.400. The highest BCUT2D eigenvalue weighted by Crippen LogP contribution is 2.25. The summed E-state index contributed by atoms with van der Waals surface area (Å²) in [6.07, 6.45) is 0.908. The number of hydrogen-bond acceptors (Lipinski definition) is 5. The molecule has 6 nitrogen and oxygen atoms in total. The Hall–Kier alpha value is -2.02. The van der Waals surface area contributed by atoms with Crippen LogP contribution >= 0.6 is 11.8 Å². The van der Waals surface area contributed by atoms with Gasteiger partial charge in [-0.2, -0.15) is 0 Å². The highest BCUT2D eigenvalue weighted by molar-refractivity contribution is 8.00. The van der Waals surface area contributed by atoms with E-state index < -0.39 is 0 Å². The molecule has 1 aromatic carbocycles. The molecule has 116 valence electrons. The first-order valence-corrected chi connectivity index (χ1v) is 8.13. The first-order chi connectivity index (χ1) is 10.6. The number of rotatable bonds is 3. The minimum Gasteiger partial charge on any atom is -0.337 e. The lowest BCUT2D eigenvalue weighted by Gasteiger charge is -2.30. The fourth-order valence-corrected chi connectivity index (χ4v) is 3.48. The Morgan fingerprint density at radius 3 is 2.73 bits per heavy atom. The van der Waals surface area contributed by atoms with Crippen LogP contribution in [-0.2, 0) is 17.8 Å². The highest BCUT2D eigenvalue weighted by Gasteiger charge is 2.26. The molecule has 0 aliphatic carbocycles. The van der Waals surface area contributed by atoms with E-state index in [0.29, 0.717) is 17.5 Å². The van der Waals surface area contributed by atoms with E-state index in [1.807, 2.05) is 24.0 Å². The molecule has 0 saturated heterocycles. The van der Waals surface area contributed by atoms with Crippen molar-refractivity contribution in [1.82, 2.24) is 19.8 Å². The lowest BCUT2D eigenvalue weighted by molar-refractivity contribution is -0.131. The molecular weight excluding hydrogens is 298 g/mol. The van der Waals surface area contributed by atoms with Crippen molar-refractivity contribution in [2.45, 2.75) is 37.2 Å². The maximum absolute atomic E-state index is 12.6. The van der Waals surface area contributed by atoms with Gasteiger partial charge in [-0.05, 0) is 31.4 Å². The second-order valence-corrected chi connectivity index (χ2v) is 6.75. The third-order valence-electron chi connectivity index (χ3n) is 3.91. The lowest BCUT2D eigenvalue weighted by atomic mass is 10.00. The molecule has 22 heavy (non-hydrogen) atoms. The van der Waals surface area contributed by atoms with E-state index in [2.05, 4.69) is 22.3 Å². The van der Waals surface area contributed by atoms with Crippen molar-refractivity contribution in [3.8, 4) is 0 Å². The number of carbonyl (C=O) groups excluding carboxylic acids is 1. The minimum absolute atomic E-state index is 0.111. The van der Waals surface area contributed by atoms with Gasteiger partial charge in [-0.1, -0.05) is 36.0 Å². The zero-order valence-corrected chi connectivity index (χ0v) is 13.5. The van der Waals surface area contributed by atoms with Crippen LogP contribution in [-0.4, -0.2) is 37.5 Å². The molecule has 0 radical (unpaired) electrons. The predicted octanol–water partition coefficient (Wildman–Crippen LogP) is 1.37. The van der Waals surface area contributed by atoms with Gasteiger partial charge in [-0.3, -0.25) is 4.79 Å². The second kappa shape index (κ2) is 6.00. The summed E-state index contributed by atoms with van der Waals surface area (Å²) < 4.78 is 1.42. The molecule has 1 aliphatic rings. The molecule has 1 aromatic heterocycles. The summed E-state index contributed by atoms with van der Waals surface area (Å²) in [5.41, 5.74) is 2.57. The van der Waals surface area contributed by atoms with E-state index in [4.69, 9.17) is 5.84 Å². The second-order valence-electron chi connectivity index (χ2n) is 5.44. The van der Waals surface area contributed by atoms with Crippen molar-refractivity contribution in [3.05, 3.63) is 41.2 Å². The molecule has 1 atom stereocenters. The van der Waals surface area contributed by atoms with Crippen LogP contribution in [0.1, 0.15) is 23.9 Å². The van der Waals surface area contributed by atoms with Crippen LogP contribution in [0.15, 0.2) is 29.4 Å². The molecule has 0 bridgehead atoms. The normalized spacial score (nSPS) is 15.5. The van der Waals surface area contributed by atoms with Crippen LogP contribution < -0.4 is 5.84 Å². The number of hydrogen-bond donors (Lipinski definition) is 1. The van der Waals surface area contributed by atoms with Gasteiger partial charge in [0.2, 0.25) is 11.1 Å².